The fourth-order valence-corrected chi connectivity index (χ4v) is 4.68. The van der Waals surface area contributed by atoms with Gasteiger partial charge in [0.15, 0.2) is 0 Å². The van der Waals surface area contributed by atoms with Gasteiger partial charge >= 0.3 is 5.97 Å². The van der Waals surface area contributed by atoms with Crippen molar-refractivity contribution in [2.45, 2.75) is 148 Å². The third kappa shape index (κ3) is 21.5. The molecule has 0 bridgehead atoms. The zero-order chi connectivity index (χ0) is 25.9. The third-order valence-electron chi connectivity index (χ3n) is 7.03. The molecule has 0 aromatic heterocycles. The summed E-state index contributed by atoms with van der Waals surface area (Å²) < 4.78 is 5.26. The van der Waals surface area contributed by atoms with E-state index < -0.39 is 0 Å². The van der Waals surface area contributed by atoms with Crippen LogP contribution in [0.3, 0.4) is 0 Å². The Balaban J connectivity index is 1.74. The van der Waals surface area contributed by atoms with E-state index in [0.29, 0.717) is 13.0 Å². The molecule has 0 radical (unpaired) electrons. The van der Waals surface area contributed by atoms with E-state index in [4.69, 9.17) is 4.74 Å². The maximum absolute atomic E-state index is 11.8. The van der Waals surface area contributed by atoms with Gasteiger partial charge in [-0.25, -0.2) is 0 Å². The third-order valence-corrected chi connectivity index (χ3v) is 7.03. The van der Waals surface area contributed by atoms with Crippen LogP contribution in [0, 0.1) is 0 Å². The van der Waals surface area contributed by atoms with E-state index in [1.54, 1.807) is 12.1 Å². The van der Waals surface area contributed by atoms with Gasteiger partial charge in [0.05, 0.1) is 0 Å². The zero-order valence-corrected chi connectivity index (χ0v) is 23.5. The molecular formula is C33H56O3. The molecular weight excluding hydrogens is 444 g/mol. The normalized spacial score (nSPS) is 11.4. The van der Waals surface area contributed by atoms with Crippen LogP contribution < -0.4 is 0 Å². The predicted molar refractivity (Wildman–Crippen MR) is 155 cm³/mol. The van der Waals surface area contributed by atoms with Crippen molar-refractivity contribution in [2.75, 3.05) is 6.61 Å². The molecule has 0 saturated heterocycles. The first-order chi connectivity index (χ1) is 17.7. The van der Waals surface area contributed by atoms with E-state index in [2.05, 4.69) is 6.92 Å². The standard InChI is InChI=1S/C33H56O3/c1-2-3-4-5-6-7-8-9-10-11-12-13-14-15-16-17-18-19-20-21-22-25-33(35)36-30-23-24-31-26-28-32(34)29-27-31/h23-24,26-29,34H,2-22,25,30H2,1H3. The Bertz CT molecular complexity index is 635. The highest BCUT2D eigenvalue weighted by atomic mass is 16.5. The van der Waals surface area contributed by atoms with Gasteiger partial charge in [-0.2, -0.15) is 0 Å². The summed E-state index contributed by atoms with van der Waals surface area (Å²) in [5, 5.41) is 9.27. The second-order valence-corrected chi connectivity index (χ2v) is 10.5. The molecule has 0 aliphatic carbocycles. The lowest BCUT2D eigenvalue weighted by molar-refractivity contribution is -0.142. The second kappa shape index (κ2) is 24.9. The number of hydrogen-bond donors (Lipinski definition) is 1. The molecule has 0 spiro atoms. The highest BCUT2D eigenvalue weighted by Crippen LogP contribution is 2.15. The molecule has 1 aromatic rings. The van der Waals surface area contributed by atoms with E-state index in [1.807, 2.05) is 24.3 Å². The lowest BCUT2D eigenvalue weighted by Gasteiger charge is -2.04. The van der Waals surface area contributed by atoms with Crippen LogP contribution in [0.15, 0.2) is 30.3 Å². The van der Waals surface area contributed by atoms with Crippen molar-refractivity contribution in [1.82, 2.24) is 0 Å². The number of aromatic hydroxyl groups is 1. The maximum Gasteiger partial charge on any atom is 0.306 e. The molecule has 3 heteroatoms. The topological polar surface area (TPSA) is 46.5 Å². The van der Waals surface area contributed by atoms with Gasteiger partial charge in [-0.1, -0.05) is 154 Å². The summed E-state index contributed by atoms with van der Waals surface area (Å²) >= 11 is 0. The molecule has 36 heavy (non-hydrogen) atoms. The minimum absolute atomic E-state index is 0.108. The van der Waals surface area contributed by atoms with E-state index in [-0.39, 0.29) is 11.7 Å². The molecule has 1 rings (SSSR count). The molecule has 1 N–H and O–H groups in total. The fraction of sp³-hybridized carbons (Fsp3) is 0.727. The van der Waals surface area contributed by atoms with Gasteiger partial charge < -0.3 is 9.84 Å². The first-order valence-electron chi connectivity index (χ1n) is 15.3. The Kier molecular flexibility index (Phi) is 22.3. The van der Waals surface area contributed by atoms with E-state index in [9.17, 15) is 9.90 Å². The van der Waals surface area contributed by atoms with Crippen LogP contribution in [-0.4, -0.2) is 17.7 Å². The summed E-state index contributed by atoms with van der Waals surface area (Å²) in [5.41, 5.74) is 0.980. The number of carbonyl (C=O) groups excluding carboxylic acids is 1. The van der Waals surface area contributed by atoms with Crippen molar-refractivity contribution in [1.29, 1.82) is 0 Å². The number of hydrogen-bond acceptors (Lipinski definition) is 3. The van der Waals surface area contributed by atoms with Crippen molar-refractivity contribution in [3.05, 3.63) is 35.9 Å². The molecule has 0 saturated carbocycles. The number of benzene rings is 1. The molecule has 0 heterocycles. The minimum Gasteiger partial charge on any atom is -0.508 e. The summed E-state index contributed by atoms with van der Waals surface area (Å²) in [7, 11) is 0. The van der Waals surface area contributed by atoms with E-state index in [0.717, 1.165) is 18.4 Å². The van der Waals surface area contributed by atoms with Crippen molar-refractivity contribution in [3.8, 4) is 5.75 Å². The smallest absolute Gasteiger partial charge is 0.306 e. The van der Waals surface area contributed by atoms with Crippen molar-refractivity contribution in [2.24, 2.45) is 0 Å². The summed E-state index contributed by atoms with van der Waals surface area (Å²) in [6.45, 7) is 2.59. The lowest BCUT2D eigenvalue weighted by atomic mass is 10.0. The van der Waals surface area contributed by atoms with Crippen LogP contribution in [0.5, 0.6) is 5.75 Å². The van der Waals surface area contributed by atoms with Crippen LogP contribution in [0.4, 0.5) is 0 Å². The van der Waals surface area contributed by atoms with Crippen LogP contribution >= 0.6 is 0 Å². The monoisotopic (exact) mass is 500 g/mol. The predicted octanol–water partition coefficient (Wildman–Crippen LogP) is 10.6. The Hall–Kier alpha value is -1.77. The molecule has 0 atom stereocenters. The van der Waals surface area contributed by atoms with Crippen molar-refractivity contribution < 1.29 is 14.6 Å². The van der Waals surface area contributed by atoms with Gasteiger partial charge in [0.2, 0.25) is 0 Å². The van der Waals surface area contributed by atoms with Crippen molar-refractivity contribution in [3.63, 3.8) is 0 Å². The number of ether oxygens (including phenoxy) is 1. The van der Waals surface area contributed by atoms with Gasteiger partial charge in [0, 0.05) is 6.42 Å². The largest absolute Gasteiger partial charge is 0.508 e. The van der Waals surface area contributed by atoms with Gasteiger partial charge in [0.25, 0.3) is 0 Å². The Morgan fingerprint density at radius 3 is 1.44 bits per heavy atom. The first-order valence-corrected chi connectivity index (χ1v) is 15.3. The summed E-state index contributed by atoms with van der Waals surface area (Å²) in [5.74, 6) is 0.145. The van der Waals surface area contributed by atoms with Crippen molar-refractivity contribution >= 4 is 12.0 Å². The number of phenols is 1. The van der Waals surface area contributed by atoms with Crippen LogP contribution in [0.1, 0.15) is 154 Å². The first kappa shape index (κ1) is 32.3. The quantitative estimate of drug-likeness (QED) is 0.107. The SMILES string of the molecule is CCCCCCCCCCCCCCCCCCCCCCCC(=O)OCC=Cc1ccc(O)cc1. The van der Waals surface area contributed by atoms with E-state index >= 15 is 0 Å². The lowest BCUT2D eigenvalue weighted by Crippen LogP contribution is -2.03. The van der Waals surface area contributed by atoms with Crippen LogP contribution in [0.25, 0.3) is 6.08 Å². The summed E-state index contributed by atoms with van der Waals surface area (Å²) in [6, 6.07) is 6.94. The highest BCUT2D eigenvalue weighted by Gasteiger charge is 2.01. The van der Waals surface area contributed by atoms with Gasteiger partial charge in [-0.3, -0.25) is 4.79 Å². The molecule has 1 aromatic carbocycles. The van der Waals surface area contributed by atoms with E-state index in [1.165, 1.54) is 122 Å². The molecule has 0 aliphatic heterocycles. The van der Waals surface area contributed by atoms with Gasteiger partial charge in [0.1, 0.15) is 12.4 Å². The number of rotatable bonds is 25. The molecule has 0 aliphatic rings. The molecule has 0 fully saturated rings. The minimum atomic E-state index is -0.108. The van der Waals surface area contributed by atoms with Crippen LogP contribution in [0.2, 0.25) is 0 Å². The number of unbranched alkanes of at least 4 members (excludes halogenated alkanes) is 20. The number of phenolic OH excluding ortho intramolecular Hbond substituents is 1. The maximum atomic E-state index is 11.8. The summed E-state index contributed by atoms with van der Waals surface area (Å²) in [4.78, 5) is 11.8. The van der Waals surface area contributed by atoms with Gasteiger partial charge in [-0.05, 0) is 30.2 Å². The summed E-state index contributed by atoms with van der Waals surface area (Å²) in [6.07, 6.45) is 33.0. The molecule has 206 valence electrons. The Labute approximate surface area is 223 Å². The molecule has 0 amide bonds. The Morgan fingerprint density at radius 2 is 1.03 bits per heavy atom. The molecule has 3 nitrogen and oxygen atoms in total. The number of carbonyl (C=O) groups is 1. The average Bonchev–Trinajstić information content (AvgIpc) is 2.88. The fourth-order valence-electron chi connectivity index (χ4n) is 4.68. The van der Waals surface area contributed by atoms with Gasteiger partial charge in [-0.15, -0.1) is 0 Å². The molecule has 0 unspecified atom stereocenters. The second-order valence-electron chi connectivity index (χ2n) is 10.5. The Morgan fingerprint density at radius 1 is 0.639 bits per heavy atom. The zero-order valence-electron chi connectivity index (χ0n) is 23.5. The highest BCUT2D eigenvalue weighted by molar-refractivity contribution is 5.69. The number of esters is 1. The average molecular weight is 501 g/mol. The van der Waals surface area contributed by atoms with Crippen LogP contribution in [-0.2, 0) is 9.53 Å².